The number of amides is 1. The predicted octanol–water partition coefficient (Wildman–Crippen LogP) is 4.95. The largest absolute Gasteiger partial charge is 0.491 e. The summed E-state index contributed by atoms with van der Waals surface area (Å²) >= 11 is 0. The van der Waals surface area contributed by atoms with Crippen molar-refractivity contribution in [1.29, 1.82) is 0 Å². The molecule has 4 nitrogen and oxygen atoms in total. The van der Waals surface area contributed by atoms with Crippen LogP contribution in [0.15, 0.2) is 42.5 Å². The van der Waals surface area contributed by atoms with Gasteiger partial charge in [0.05, 0.1) is 6.54 Å². The topological polar surface area (TPSA) is 47.6 Å². The van der Waals surface area contributed by atoms with Crippen molar-refractivity contribution in [3.8, 4) is 11.5 Å². The zero-order valence-electron chi connectivity index (χ0n) is 18.0. The summed E-state index contributed by atoms with van der Waals surface area (Å²) < 4.78 is 11.9. The first kappa shape index (κ1) is 21.8. The molecule has 28 heavy (non-hydrogen) atoms. The van der Waals surface area contributed by atoms with E-state index in [0.717, 1.165) is 28.2 Å². The third-order valence-electron chi connectivity index (χ3n) is 4.63. The van der Waals surface area contributed by atoms with E-state index in [2.05, 4.69) is 32.2 Å². The van der Waals surface area contributed by atoms with Crippen molar-refractivity contribution in [2.45, 2.75) is 59.5 Å². The number of ether oxygens (including phenoxy) is 2. The molecule has 2 rings (SSSR count). The maximum absolute atomic E-state index is 12.5. The fraction of sp³-hybridized carbons (Fsp3) is 0.458. The van der Waals surface area contributed by atoms with E-state index in [-0.39, 0.29) is 11.3 Å². The monoisotopic (exact) mass is 383 g/mol. The van der Waals surface area contributed by atoms with Crippen LogP contribution >= 0.6 is 0 Å². The summed E-state index contributed by atoms with van der Waals surface area (Å²) in [6.45, 7) is 13.3. The molecule has 0 fully saturated rings. The van der Waals surface area contributed by atoms with Gasteiger partial charge in [-0.25, -0.2) is 0 Å². The van der Waals surface area contributed by atoms with Crippen LogP contribution in [0.25, 0.3) is 0 Å². The van der Waals surface area contributed by atoms with Gasteiger partial charge in [0.1, 0.15) is 18.1 Å². The highest BCUT2D eigenvalue weighted by Crippen LogP contribution is 2.30. The lowest BCUT2D eigenvalue weighted by molar-refractivity contribution is -0.128. The SMILES string of the molecule is CC[C@H](Oc1cc(C)ccc1C)C(=O)NCCOc1ccccc1C(C)(C)C. The molecule has 0 bridgehead atoms. The fourth-order valence-corrected chi connectivity index (χ4v) is 2.97. The number of nitrogens with one attached hydrogen (secondary N) is 1. The molecule has 1 N–H and O–H groups in total. The number of hydrogen-bond donors (Lipinski definition) is 1. The minimum atomic E-state index is -0.512. The standard InChI is InChI=1S/C24H33NO3/c1-7-20(28-22-16-17(2)12-13-18(22)3)23(26)25-14-15-27-21-11-9-8-10-19(21)24(4,5)6/h8-13,16,20H,7,14-15H2,1-6H3,(H,25,26)/t20-/m0/s1. The van der Waals surface area contributed by atoms with Gasteiger partial charge < -0.3 is 14.8 Å². The molecule has 152 valence electrons. The summed E-state index contributed by atoms with van der Waals surface area (Å²) in [4.78, 5) is 12.5. The Kier molecular flexibility index (Phi) is 7.50. The van der Waals surface area contributed by atoms with Gasteiger partial charge in [0.15, 0.2) is 6.10 Å². The molecule has 0 radical (unpaired) electrons. The molecule has 0 saturated carbocycles. The Balaban J connectivity index is 1.89. The molecule has 0 aliphatic heterocycles. The molecule has 0 aromatic heterocycles. The number of carbonyl (C=O) groups excluding carboxylic acids is 1. The van der Waals surface area contributed by atoms with E-state index < -0.39 is 6.10 Å². The van der Waals surface area contributed by atoms with Gasteiger partial charge in [-0.3, -0.25) is 4.79 Å². The molecular formula is C24H33NO3. The number of para-hydroxylation sites is 1. The number of benzene rings is 2. The number of rotatable bonds is 8. The highest BCUT2D eigenvalue weighted by molar-refractivity contribution is 5.81. The van der Waals surface area contributed by atoms with E-state index in [4.69, 9.17) is 9.47 Å². The first-order valence-electron chi connectivity index (χ1n) is 9.96. The zero-order chi connectivity index (χ0) is 20.7. The lowest BCUT2D eigenvalue weighted by Crippen LogP contribution is -2.40. The molecule has 0 spiro atoms. The van der Waals surface area contributed by atoms with Gasteiger partial charge in [-0.05, 0) is 54.5 Å². The first-order valence-corrected chi connectivity index (χ1v) is 9.96. The van der Waals surface area contributed by atoms with Crippen LogP contribution in [0.3, 0.4) is 0 Å². The van der Waals surface area contributed by atoms with E-state index in [1.54, 1.807) is 0 Å². The molecule has 1 atom stereocenters. The van der Waals surface area contributed by atoms with Crippen molar-refractivity contribution < 1.29 is 14.3 Å². The van der Waals surface area contributed by atoms with Gasteiger partial charge >= 0.3 is 0 Å². The third kappa shape index (κ3) is 6.01. The average Bonchev–Trinajstić information content (AvgIpc) is 2.65. The van der Waals surface area contributed by atoms with Crippen molar-refractivity contribution in [3.63, 3.8) is 0 Å². The van der Waals surface area contributed by atoms with E-state index in [1.807, 2.05) is 57.2 Å². The molecule has 0 aliphatic carbocycles. The lowest BCUT2D eigenvalue weighted by Gasteiger charge is -2.23. The van der Waals surface area contributed by atoms with E-state index in [9.17, 15) is 4.79 Å². The Morgan fingerprint density at radius 3 is 2.46 bits per heavy atom. The van der Waals surface area contributed by atoms with Crippen molar-refractivity contribution in [3.05, 3.63) is 59.2 Å². The second-order valence-electron chi connectivity index (χ2n) is 8.17. The van der Waals surface area contributed by atoms with E-state index in [1.165, 1.54) is 0 Å². The molecule has 2 aromatic carbocycles. The zero-order valence-corrected chi connectivity index (χ0v) is 18.0. The summed E-state index contributed by atoms with van der Waals surface area (Å²) in [7, 11) is 0. The first-order chi connectivity index (χ1) is 13.2. The Hall–Kier alpha value is -2.49. The van der Waals surface area contributed by atoms with Crippen LogP contribution in [0.5, 0.6) is 11.5 Å². The normalized spacial score (nSPS) is 12.4. The lowest BCUT2D eigenvalue weighted by atomic mass is 9.86. The molecule has 0 unspecified atom stereocenters. The maximum Gasteiger partial charge on any atom is 0.261 e. The Labute approximate surface area is 169 Å². The highest BCUT2D eigenvalue weighted by Gasteiger charge is 2.20. The van der Waals surface area contributed by atoms with Crippen molar-refractivity contribution in [1.82, 2.24) is 5.32 Å². The summed E-state index contributed by atoms with van der Waals surface area (Å²) in [5.41, 5.74) is 3.30. The predicted molar refractivity (Wildman–Crippen MR) is 114 cm³/mol. The molecular weight excluding hydrogens is 350 g/mol. The Morgan fingerprint density at radius 1 is 1.07 bits per heavy atom. The van der Waals surface area contributed by atoms with Crippen LogP contribution in [-0.2, 0) is 10.2 Å². The quantitative estimate of drug-likeness (QED) is 0.656. The second-order valence-corrected chi connectivity index (χ2v) is 8.17. The van der Waals surface area contributed by atoms with Crippen molar-refractivity contribution >= 4 is 5.91 Å². The summed E-state index contributed by atoms with van der Waals surface area (Å²) in [5, 5.41) is 2.93. The summed E-state index contributed by atoms with van der Waals surface area (Å²) in [6, 6.07) is 14.1. The molecule has 0 heterocycles. The van der Waals surface area contributed by atoms with Gasteiger partial charge in [-0.15, -0.1) is 0 Å². The minimum absolute atomic E-state index is 0.00661. The van der Waals surface area contributed by atoms with Gasteiger partial charge in [0.2, 0.25) is 0 Å². The average molecular weight is 384 g/mol. The number of aryl methyl sites for hydroxylation is 2. The van der Waals surface area contributed by atoms with Gasteiger partial charge in [-0.2, -0.15) is 0 Å². The molecule has 0 saturated heterocycles. The fourth-order valence-electron chi connectivity index (χ4n) is 2.97. The van der Waals surface area contributed by atoms with Crippen LogP contribution in [0.4, 0.5) is 0 Å². The van der Waals surface area contributed by atoms with Crippen LogP contribution < -0.4 is 14.8 Å². The molecule has 0 aliphatic rings. The highest BCUT2D eigenvalue weighted by atomic mass is 16.5. The van der Waals surface area contributed by atoms with Gasteiger partial charge in [0, 0.05) is 0 Å². The van der Waals surface area contributed by atoms with Crippen LogP contribution in [-0.4, -0.2) is 25.2 Å². The Bertz CT molecular complexity index is 793. The minimum Gasteiger partial charge on any atom is -0.491 e. The smallest absolute Gasteiger partial charge is 0.261 e. The number of hydrogen-bond acceptors (Lipinski definition) is 3. The molecule has 1 amide bonds. The van der Waals surface area contributed by atoms with Crippen LogP contribution in [0.1, 0.15) is 50.8 Å². The van der Waals surface area contributed by atoms with Crippen molar-refractivity contribution in [2.24, 2.45) is 0 Å². The summed E-state index contributed by atoms with van der Waals surface area (Å²) in [6.07, 6.45) is 0.0924. The summed E-state index contributed by atoms with van der Waals surface area (Å²) in [5.74, 6) is 1.51. The van der Waals surface area contributed by atoms with E-state index >= 15 is 0 Å². The van der Waals surface area contributed by atoms with Crippen molar-refractivity contribution in [2.75, 3.05) is 13.2 Å². The van der Waals surface area contributed by atoms with Gasteiger partial charge in [0.25, 0.3) is 5.91 Å². The van der Waals surface area contributed by atoms with Gasteiger partial charge in [-0.1, -0.05) is 58.0 Å². The Morgan fingerprint density at radius 2 is 1.79 bits per heavy atom. The maximum atomic E-state index is 12.5. The molecule has 4 heteroatoms. The van der Waals surface area contributed by atoms with Crippen LogP contribution in [0.2, 0.25) is 0 Å². The van der Waals surface area contributed by atoms with Crippen LogP contribution in [0, 0.1) is 13.8 Å². The second kappa shape index (κ2) is 9.63. The third-order valence-corrected chi connectivity index (χ3v) is 4.63. The number of carbonyl (C=O) groups is 1. The molecule has 2 aromatic rings. The van der Waals surface area contributed by atoms with E-state index in [0.29, 0.717) is 19.6 Å².